The number of halogens is 1. The third-order valence-electron chi connectivity index (χ3n) is 3.93. The second-order valence-corrected chi connectivity index (χ2v) is 7.12. The van der Waals surface area contributed by atoms with Gasteiger partial charge in [0.1, 0.15) is 5.76 Å². The summed E-state index contributed by atoms with van der Waals surface area (Å²) < 4.78 is 5.92. The molecule has 0 saturated carbocycles. The van der Waals surface area contributed by atoms with Crippen molar-refractivity contribution < 1.29 is 18.8 Å². The van der Waals surface area contributed by atoms with Crippen molar-refractivity contribution in [1.82, 2.24) is 10.6 Å². The van der Waals surface area contributed by atoms with Crippen LogP contribution in [-0.2, 0) is 11.3 Å². The Morgan fingerprint density at radius 2 is 1.60 bits per heavy atom. The molecular formula is C21H19BrN4O4. The molecule has 9 heteroatoms. The summed E-state index contributed by atoms with van der Waals surface area (Å²) in [6.07, 6.45) is 1.54. The molecule has 0 aliphatic heterocycles. The van der Waals surface area contributed by atoms with E-state index in [0.717, 1.165) is 4.47 Å². The van der Waals surface area contributed by atoms with Crippen LogP contribution in [0.15, 0.2) is 75.8 Å². The number of nitrogens with one attached hydrogen (secondary N) is 4. The summed E-state index contributed by atoms with van der Waals surface area (Å²) in [5, 5.41) is 10.6. The Bertz CT molecular complexity index is 1020. The molecule has 154 valence electrons. The van der Waals surface area contributed by atoms with Gasteiger partial charge in [-0.2, -0.15) is 0 Å². The quantitative estimate of drug-likeness (QED) is 0.421. The number of benzene rings is 2. The van der Waals surface area contributed by atoms with Gasteiger partial charge in [0.15, 0.2) is 0 Å². The maximum absolute atomic E-state index is 12.1. The van der Waals surface area contributed by atoms with Crippen LogP contribution in [0.3, 0.4) is 0 Å². The fourth-order valence-electron chi connectivity index (χ4n) is 2.49. The highest BCUT2D eigenvalue weighted by atomic mass is 79.9. The molecule has 4 N–H and O–H groups in total. The van der Waals surface area contributed by atoms with Crippen LogP contribution in [0.5, 0.6) is 0 Å². The molecule has 3 rings (SSSR count). The van der Waals surface area contributed by atoms with E-state index in [0.29, 0.717) is 22.7 Å². The van der Waals surface area contributed by atoms with Crippen LogP contribution in [0.2, 0.25) is 0 Å². The van der Waals surface area contributed by atoms with E-state index in [-0.39, 0.29) is 30.9 Å². The molecule has 3 aromatic rings. The van der Waals surface area contributed by atoms with Crippen molar-refractivity contribution in [2.75, 3.05) is 17.2 Å². The minimum absolute atomic E-state index is 0.166. The molecule has 2 aromatic carbocycles. The lowest BCUT2D eigenvalue weighted by Crippen LogP contribution is -2.32. The van der Waals surface area contributed by atoms with E-state index in [4.69, 9.17) is 4.42 Å². The van der Waals surface area contributed by atoms with Gasteiger partial charge in [0.05, 0.1) is 19.4 Å². The predicted molar refractivity (Wildman–Crippen MR) is 116 cm³/mol. The standard InChI is InChI=1S/C21H19BrN4O4/c22-15-4-1-3-14(11-15)20(28)23-13-19(27)25-16-6-8-17(9-7-16)26-21(29)24-12-18-5-2-10-30-18/h1-11H,12-13H2,(H,23,28)(H,25,27)(H2,24,26,29). The van der Waals surface area contributed by atoms with Gasteiger partial charge < -0.3 is 25.7 Å². The van der Waals surface area contributed by atoms with Gasteiger partial charge in [-0.15, -0.1) is 0 Å². The maximum Gasteiger partial charge on any atom is 0.319 e. The first-order valence-electron chi connectivity index (χ1n) is 9.00. The molecule has 0 saturated heterocycles. The monoisotopic (exact) mass is 470 g/mol. The SMILES string of the molecule is O=C(CNC(=O)c1cccc(Br)c1)Nc1ccc(NC(=O)NCc2ccco2)cc1. The Morgan fingerprint density at radius 3 is 2.27 bits per heavy atom. The minimum Gasteiger partial charge on any atom is -0.467 e. The molecular weight excluding hydrogens is 452 g/mol. The second-order valence-electron chi connectivity index (χ2n) is 6.21. The Labute approximate surface area is 181 Å². The Balaban J connectivity index is 1.42. The highest BCUT2D eigenvalue weighted by Gasteiger charge is 2.09. The third-order valence-corrected chi connectivity index (χ3v) is 4.42. The summed E-state index contributed by atoms with van der Waals surface area (Å²) >= 11 is 3.30. The van der Waals surface area contributed by atoms with Gasteiger partial charge in [0, 0.05) is 21.4 Å². The fraction of sp³-hybridized carbons (Fsp3) is 0.0952. The van der Waals surface area contributed by atoms with E-state index in [2.05, 4.69) is 37.2 Å². The molecule has 0 aliphatic carbocycles. The third kappa shape index (κ3) is 6.49. The number of furan rings is 1. The van der Waals surface area contributed by atoms with Crippen LogP contribution in [0.1, 0.15) is 16.1 Å². The summed E-state index contributed by atoms with van der Waals surface area (Å²) in [6.45, 7) is 0.110. The zero-order valence-corrected chi connectivity index (χ0v) is 17.4. The average Bonchev–Trinajstić information content (AvgIpc) is 3.26. The number of amides is 4. The highest BCUT2D eigenvalue weighted by molar-refractivity contribution is 9.10. The lowest BCUT2D eigenvalue weighted by atomic mass is 10.2. The minimum atomic E-state index is -0.376. The number of rotatable bonds is 7. The van der Waals surface area contributed by atoms with E-state index in [1.165, 1.54) is 6.26 Å². The molecule has 4 amide bonds. The van der Waals surface area contributed by atoms with E-state index in [9.17, 15) is 14.4 Å². The molecule has 1 heterocycles. The van der Waals surface area contributed by atoms with Crippen molar-refractivity contribution >= 4 is 45.2 Å². The van der Waals surface area contributed by atoms with Crippen molar-refractivity contribution in [3.63, 3.8) is 0 Å². The van der Waals surface area contributed by atoms with Crippen molar-refractivity contribution in [2.24, 2.45) is 0 Å². The van der Waals surface area contributed by atoms with Gasteiger partial charge >= 0.3 is 6.03 Å². The number of carbonyl (C=O) groups is 3. The topological polar surface area (TPSA) is 112 Å². The first-order chi connectivity index (χ1) is 14.5. The van der Waals surface area contributed by atoms with Gasteiger partial charge in [-0.25, -0.2) is 4.79 Å². The van der Waals surface area contributed by atoms with Crippen molar-refractivity contribution in [3.8, 4) is 0 Å². The van der Waals surface area contributed by atoms with Gasteiger partial charge in [-0.1, -0.05) is 22.0 Å². The van der Waals surface area contributed by atoms with Crippen LogP contribution in [-0.4, -0.2) is 24.4 Å². The maximum atomic E-state index is 12.1. The molecule has 0 atom stereocenters. The number of hydrogen-bond acceptors (Lipinski definition) is 4. The van der Waals surface area contributed by atoms with E-state index >= 15 is 0 Å². The van der Waals surface area contributed by atoms with Gasteiger partial charge in [-0.05, 0) is 54.6 Å². The summed E-state index contributed by atoms with van der Waals surface area (Å²) in [7, 11) is 0. The Kier molecular flexibility index (Phi) is 7.23. The summed E-state index contributed by atoms with van der Waals surface area (Å²) in [5.74, 6) is -0.0583. The first-order valence-corrected chi connectivity index (χ1v) is 9.80. The largest absolute Gasteiger partial charge is 0.467 e. The normalized spacial score (nSPS) is 10.2. The lowest BCUT2D eigenvalue weighted by Gasteiger charge is -2.09. The smallest absolute Gasteiger partial charge is 0.319 e. The van der Waals surface area contributed by atoms with E-state index in [1.54, 1.807) is 54.6 Å². The molecule has 0 bridgehead atoms. The number of anilines is 2. The Hall–Kier alpha value is -3.59. The van der Waals surface area contributed by atoms with Crippen LogP contribution < -0.4 is 21.3 Å². The zero-order chi connectivity index (χ0) is 21.3. The fourth-order valence-corrected chi connectivity index (χ4v) is 2.89. The molecule has 8 nitrogen and oxygen atoms in total. The van der Waals surface area contributed by atoms with Gasteiger partial charge in [0.2, 0.25) is 5.91 Å². The molecule has 0 aliphatic rings. The molecule has 0 unspecified atom stereocenters. The van der Waals surface area contributed by atoms with Crippen molar-refractivity contribution in [3.05, 3.63) is 82.7 Å². The predicted octanol–water partition coefficient (Wildman–Crippen LogP) is 3.73. The molecule has 1 aromatic heterocycles. The number of hydrogen-bond donors (Lipinski definition) is 4. The average molecular weight is 471 g/mol. The van der Waals surface area contributed by atoms with Crippen LogP contribution in [0, 0.1) is 0 Å². The molecule has 0 radical (unpaired) electrons. The lowest BCUT2D eigenvalue weighted by molar-refractivity contribution is -0.115. The Morgan fingerprint density at radius 1 is 0.867 bits per heavy atom. The number of carbonyl (C=O) groups excluding carboxylic acids is 3. The molecule has 30 heavy (non-hydrogen) atoms. The van der Waals surface area contributed by atoms with E-state index in [1.807, 2.05) is 6.07 Å². The van der Waals surface area contributed by atoms with E-state index < -0.39 is 0 Å². The second kappa shape index (κ2) is 10.3. The number of urea groups is 1. The summed E-state index contributed by atoms with van der Waals surface area (Å²) in [6, 6.07) is 16.6. The van der Waals surface area contributed by atoms with Crippen LogP contribution in [0.25, 0.3) is 0 Å². The van der Waals surface area contributed by atoms with Gasteiger partial charge in [0.25, 0.3) is 5.91 Å². The molecule has 0 spiro atoms. The zero-order valence-electron chi connectivity index (χ0n) is 15.8. The highest BCUT2D eigenvalue weighted by Crippen LogP contribution is 2.14. The van der Waals surface area contributed by atoms with Gasteiger partial charge in [-0.3, -0.25) is 9.59 Å². The van der Waals surface area contributed by atoms with Crippen LogP contribution in [0.4, 0.5) is 16.2 Å². The molecule has 0 fully saturated rings. The van der Waals surface area contributed by atoms with Crippen molar-refractivity contribution in [1.29, 1.82) is 0 Å². The van der Waals surface area contributed by atoms with Crippen molar-refractivity contribution in [2.45, 2.75) is 6.54 Å². The van der Waals surface area contributed by atoms with Crippen LogP contribution >= 0.6 is 15.9 Å². The first kappa shape index (κ1) is 21.1. The summed E-state index contributed by atoms with van der Waals surface area (Å²) in [5.41, 5.74) is 1.56. The summed E-state index contributed by atoms with van der Waals surface area (Å²) in [4.78, 5) is 36.0.